The van der Waals surface area contributed by atoms with Crippen molar-refractivity contribution in [1.82, 2.24) is 0 Å². The average Bonchev–Trinajstić information content (AvgIpc) is 2.89. The smallest absolute Gasteiger partial charge is 0.308 e. The molecule has 1 atom stereocenters. The molecule has 2 aromatic carbocycles. The Kier molecular flexibility index (Phi) is 15.0. The molecule has 0 fully saturated rings. The van der Waals surface area contributed by atoms with Gasteiger partial charge in [0, 0.05) is 12.0 Å². The number of quaternary nitrogens is 1. The Labute approximate surface area is 227 Å². The number of carbonyl (C=O) groups is 1. The molecule has 0 saturated carbocycles. The number of ether oxygens (including phenoxy) is 2. The molecule has 1 unspecified atom stereocenters. The minimum Gasteiger partial charge on any atom is -0.490 e. The number of rotatable bonds is 20. The Morgan fingerprint density at radius 3 is 2.14 bits per heavy atom. The van der Waals surface area contributed by atoms with Gasteiger partial charge in [-0.2, -0.15) is 0 Å². The summed E-state index contributed by atoms with van der Waals surface area (Å²) in [4.78, 5) is 12.5. The highest BCUT2D eigenvalue weighted by molar-refractivity contribution is 5.71. The van der Waals surface area contributed by atoms with Crippen molar-refractivity contribution >= 4 is 5.97 Å². The third-order valence-electron chi connectivity index (χ3n) is 7.13. The van der Waals surface area contributed by atoms with Crippen molar-refractivity contribution in [2.75, 3.05) is 33.9 Å². The molecule has 0 aliphatic heterocycles. The maximum atomic E-state index is 12.5. The van der Waals surface area contributed by atoms with E-state index in [9.17, 15) is 4.79 Å². The van der Waals surface area contributed by atoms with Crippen LogP contribution in [0, 0.1) is 5.92 Å². The summed E-state index contributed by atoms with van der Waals surface area (Å²) in [5, 5.41) is 0. The topological polar surface area (TPSA) is 35.5 Å². The van der Waals surface area contributed by atoms with Gasteiger partial charge >= 0.3 is 5.97 Å². The summed E-state index contributed by atoms with van der Waals surface area (Å²) < 4.78 is 12.4. The minimum absolute atomic E-state index is 0.118. The van der Waals surface area contributed by atoms with Crippen LogP contribution in [0.25, 0.3) is 0 Å². The molecule has 0 saturated heterocycles. The lowest BCUT2D eigenvalue weighted by molar-refractivity contribution is -0.904. The van der Waals surface area contributed by atoms with Crippen LogP contribution in [0.15, 0.2) is 54.6 Å². The van der Waals surface area contributed by atoms with Gasteiger partial charge in [-0.3, -0.25) is 4.79 Å². The first kappa shape index (κ1) is 30.9. The van der Waals surface area contributed by atoms with Crippen molar-refractivity contribution in [3.63, 3.8) is 0 Å². The number of para-hydroxylation sites is 1. The Morgan fingerprint density at radius 1 is 0.811 bits per heavy atom. The van der Waals surface area contributed by atoms with E-state index >= 15 is 0 Å². The number of nitrogens with zero attached hydrogens (tertiary/aromatic N) is 1. The molecule has 0 heterocycles. The maximum absolute atomic E-state index is 12.5. The van der Waals surface area contributed by atoms with Gasteiger partial charge in [-0.1, -0.05) is 114 Å². The van der Waals surface area contributed by atoms with Gasteiger partial charge in [0.05, 0.1) is 26.6 Å². The van der Waals surface area contributed by atoms with Crippen LogP contribution in [0.2, 0.25) is 0 Å². The first-order valence-electron chi connectivity index (χ1n) is 14.6. The molecule has 37 heavy (non-hydrogen) atoms. The predicted octanol–water partition coefficient (Wildman–Crippen LogP) is 7.98. The van der Waals surface area contributed by atoms with E-state index in [1.165, 1.54) is 68.9 Å². The lowest BCUT2D eigenvalue weighted by atomic mass is 10.0. The summed E-state index contributed by atoms with van der Waals surface area (Å²) in [6.07, 6.45) is 13.8. The van der Waals surface area contributed by atoms with Crippen molar-refractivity contribution in [2.24, 2.45) is 5.92 Å². The van der Waals surface area contributed by atoms with Crippen molar-refractivity contribution in [3.05, 3.63) is 65.7 Å². The van der Waals surface area contributed by atoms with Crippen LogP contribution in [0.4, 0.5) is 0 Å². The lowest BCUT2D eigenvalue weighted by Gasteiger charge is -2.30. The zero-order chi connectivity index (χ0) is 26.8. The molecule has 0 amide bonds. The standard InChI is InChI=1S/C33H52NO3/c1-5-6-7-8-9-10-11-12-16-21-31-22-17-18-23-32(31)36-26-27-37-33(35)29(2)24-25-34(3,4)28-30-19-14-13-15-20-30/h13-15,17-20,22-23,29H,5-12,16,21,24-28H2,1-4H3/q+1. The highest BCUT2D eigenvalue weighted by atomic mass is 16.6. The first-order valence-corrected chi connectivity index (χ1v) is 14.6. The van der Waals surface area contributed by atoms with Crippen LogP contribution in [-0.2, 0) is 22.5 Å². The SMILES string of the molecule is CCCCCCCCCCCc1ccccc1OCCOC(=O)C(C)CC[N+](C)(C)Cc1ccccc1. The summed E-state index contributed by atoms with van der Waals surface area (Å²) in [7, 11) is 4.43. The normalized spacial score (nSPS) is 12.3. The van der Waals surface area contributed by atoms with Crippen LogP contribution >= 0.6 is 0 Å². The fourth-order valence-corrected chi connectivity index (χ4v) is 4.73. The highest BCUT2D eigenvalue weighted by Crippen LogP contribution is 2.21. The van der Waals surface area contributed by atoms with Gasteiger partial charge in [0.25, 0.3) is 0 Å². The second-order valence-corrected chi connectivity index (χ2v) is 11.2. The van der Waals surface area contributed by atoms with Gasteiger partial charge in [0.1, 0.15) is 25.5 Å². The molecule has 4 nitrogen and oxygen atoms in total. The molecule has 2 rings (SSSR count). The van der Waals surface area contributed by atoms with Crippen molar-refractivity contribution < 1.29 is 18.8 Å². The molecule has 0 spiro atoms. The van der Waals surface area contributed by atoms with E-state index in [1.807, 2.05) is 25.1 Å². The fraction of sp³-hybridized carbons (Fsp3) is 0.606. The van der Waals surface area contributed by atoms with Gasteiger partial charge < -0.3 is 14.0 Å². The van der Waals surface area contributed by atoms with Crippen molar-refractivity contribution in [3.8, 4) is 5.75 Å². The Balaban J connectivity index is 1.61. The Morgan fingerprint density at radius 2 is 1.43 bits per heavy atom. The molecule has 0 radical (unpaired) electrons. The monoisotopic (exact) mass is 510 g/mol. The Hall–Kier alpha value is -2.33. The predicted molar refractivity (Wildman–Crippen MR) is 155 cm³/mol. The largest absolute Gasteiger partial charge is 0.490 e. The average molecular weight is 511 g/mol. The molecular formula is C33H52NO3+. The molecule has 0 aliphatic rings. The number of hydrogen-bond acceptors (Lipinski definition) is 3. The third kappa shape index (κ3) is 13.7. The molecule has 0 bridgehead atoms. The van der Waals surface area contributed by atoms with E-state index in [1.54, 1.807) is 0 Å². The number of unbranched alkanes of at least 4 members (excludes halogenated alkanes) is 8. The van der Waals surface area contributed by atoms with Crippen molar-refractivity contribution in [1.29, 1.82) is 0 Å². The Bertz CT molecular complexity index is 865. The van der Waals surface area contributed by atoms with Gasteiger partial charge in [-0.15, -0.1) is 0 Å². The van der Waals surface area contributed by atoms with E-state index in [4.69, 9.17) is 9.47 Å². The highest BCUT2D eigenvalue weighted by Gasteiger charge is 2.21. The lowest BCUT2D eigenvalue weighted by Crippen LogP contribution is -2.40. The van der Waals surface area contributed by atoms with E-state index in [-0.39, 0.29) is 18.5 Å². The first-order chi connectivity index (χ1) is 17.9. The van der Waals surface area contributed by atoms with E-state index in [0.717, 1.165) is 36.2 Å². The van der Waals surface area contributed by atoms with Crippen LogP contribution in [-0.4, -0.2) is 44.3 Å². The van der Waals surface area contributed by atoms with Gasteiger partial charge in [0.2, 0.25) is 0 Å². The summed E-state index contributed by atoms with van der Waals surface area (Å²) in [5.74, 6) is 0.671. The molecule has 0 N–H and O–H groups in total. The summed E-state index contributed by atoms with van der Waals surface area (Å²) in [5.41, 5.74) is 2.57. The molecular weight excluding hydrogens is 458 g/mol. The fourth-order valence-electron chi connectivity index (χ4n) is 4.73. The maximum Gasteiger partial charge on any atom is 0.308 e. The van der Waals surface area contributed by atoms with E-state index < -0.39 is 0 Å². The van der Waals surface area contributed by atoms with Crippen LogP contribution in [0.3, 0.4) is 0 Å². The summed E-state index contributed by atoms with van der Waals surface area (Å²) in [6, 6.07) is 18.8. The molecule has 2 aromatic rings. The number of aryl methyl sites for hydroxylation is 1. The second-order valence-electron chi connectivity index (χ2n) is 11.2. The van der Waals surface area contributed by atoms with Gasteiger partial charge in [-0.05, 0) is 24.5 Å². The minimum atomic E-state index is -0.133. The number of esters is 1. The van der Waals surface area contributed by atoms with E-state index in [0.29, 0.717) is 6.61 Å². The quantitative estimate of drug-likeness (QED) is 0.103. The number of carbonyl (C=O) groups excluding carboxylic acids is 1. The van der Waals surface area contributed by atoms with Crippen LogP contribution in [0.5, 0.6) is 5.75 Å². The van der Waals surface area contributed by atoms with Crippen LogP contribution < -0.4 is 4.74 Å². The number of benzene rings is 2. The van der Waals surface area contributed by atoms with Crippen molar-refractivity contribution in [2.45, 2.75) is 91.0 Å². The summed E-state index contributed by atoms with van der Waals surface area (Å²) in [6.45, 7) is 6.79. The number of hydrogen-bond donors (Lipinski definition) is 0. The molecule has 0 aliphatic carbocycles. The molecule has 0 aromatic heterocycles. The van der Waals surface area contributed by atoms with Gasteiger partial charge in [-0.25, -0.2) is 0 Å². The zero-order valence-corrected chi connectivity index (χ0v) is 24.1. The van der Waals surface area contributed by atoms with E-state index in [2.05, 4.69) is 57.4 Å². The van der Waals surface area contributed by atoms with Gasteiger partial charge in [0.15, 0.2) is 0 Å². The second kappa shape index (κ2) is 18.0. The molecule has 206 valence electrons. The van der Waals surface area contributed by atoms with Crippen LogP contribution in [0.1, 0.15) is 89.2 Å². The summed E-state index contributed by atoms with van der Waals surface area (Å²) >= 11 is 0. The zero-order valence-electron chi connectivity index (χ0n) is 24.1. The molecule has 4 heteroatoms. The third-order valence-corrected chi connectivity index (χ3v) is 7.13.